The summed E-state index contributed by atoms with van der Waals surface area (Å²) in [7, 11) is 0. The summed E-state index contributed by atoms with van der Waals surface area (Å²) in [4.78, 5) is 7.08. The van der Waals surface area contributed by atoms with Crippen LogP contribution in [-0.4, -0.2) is 33.0 Å². The zero-order valence-corrected chi connectivity index (χ0v) is 8.76. The number of hydrogen-bond acceptors (Lipinski definition) is 4. The van der Waals surface area contributed by atoms with E-state index >= 15 is 0 Å². The van der Waals surface area contributed by atoms with Crippen molar-refractivity contribution in [2.75, 3.05) is 12.3 Å². The molecule has 2 rings (SSSR count). The van der Waals surface area contributed by atoms with Gasteiger partial charge in [-0.2, -0.15) is 0 Å². The molecule has 0 bridgehead atoms. The molecule has 0 spiro atoms. The minimum Gasteiger partial charge on any atom is -0.387 e. The molecule has 0 radical (unpaired) electrons. The van der Waals surface area contributed by atoms with Gasteiger partial charge < -0.3 is 15.8 Å². The molecule has 1 fully saturated rings. The number of imidazole rings is 1. The van der Waals surface area contributed by atoms with Crippen molar-refractivity contribution in [2.45, 2.75) is 23.6 Å². The summed E-state index contributed by atoms with van der Waals surface area (Å²) in [5.74, 6) is 1.02. The van der Waals surface area contributed by atoms with E-state index in [0.29, 0.717) is 18.2 Å². The Morgan fingerprint density at radius 2 is 2.50 bits per heavy atom. The van der Waals surface area contributed by atoms with Gasteiger partial charge in [-0.25, -0.2) is 4.98 Å². The summed E-state index contributed by atoms with van der Waals surface area (Å²) >= 11 is 1.53. The highest BCUT2D eigenvalue weighted by atomic mass is 32.2. The minimum atomic E-state index is -0.697. The maximum absolute atomic E-state index is 10.2. The predicted octanol–water partition coefficient (Wildman–Crippen LogP) is 0.602. The lowest BCUT2D eigenvalue weighted by molar-refractivity contribution is 0.0509. The van der Waals surface area contributed by atoms with Gasteiger partial charge in [0.15, 0.2) is 5.16 Å². The lowest BCUT2D eigenvalue weighted by Gasteiger charge is -2.25. The van der Waals surface area contributed by atoms with Gasteiger partial charge in [0.2, 0.25) is 0 Å². The SMILES string of the molecule is NCC(O)(CSc1ncc[nH]1)C1CC1. The molecule has 1 aliphatic rings. The average molecular weight is 213 g/mol. The molecule has 0 aliphatic heterocycles. The van der Waals surface area contributed by atoms with Gasteiger partial charge in [0, 0.05) is 24.7 Å². The van der Waals surface area contributed by atoms with E-state index in [1.165, 1.54) is 11.8 Å². The molecule has 1 aromatic rings. The Morgan fingerprint density at radius 3 is 3.00 bits per heavy atom. The molecule has 5 heteroatoms. The van der Waals surface area contributed by atoms with Gasteiger partial charge in [-0.3, -0.25) is 0 Å². The zero-order valence-electron chi connectivity index (χ0n) is 7.94. The number of aromatic amines is 1. The Bertz CT molecular complexity index is 286. The highest BCUT2D eigenvalue weighted by Gasteiger charge is 2.42. The molecule has 1 aromatic heterocycles. The Labute approximate surface area is 87.3 Å². The Hall–Kier alpha value is -0.520. The fraction of sp³-hybridized carbons (Fsp3) is 0.667. The third kappa shape index (κ3) is 2.10. The van der Waals surface area contributed by atoms with E-state index in [0.717, 1.165) is 18.0 Å². The number of thioether (sulfide) groups is 1. The van der Waals surface area contributed by atoms with Crippen LogP contribution in [0.15, 0.2) is 17.6 Å². The van der Waals surface area contributed by atoms with Crippen molar-refractivity contribution >= 4 is 11.8 Å². The number of H-pyrrole nitrogens is 1. The standard InChI is InChI=1S/C9H15N3OS/c10-5-9(13,7-1-2-7)6-14-8-11-3-4-12-8/h3-4,7,13H,1-2,5-6,10H2,(H,11,12). The number of rotatable bonds is 5. The van der Waals surface area contributed by atoms with Crippen molar-refractivity contribution in [3.05, 3.63) is 12.4 Å². The molecule has 78 valence electrons. The molecule has 1 unspecified atom stereocenters. The van der Waals surface area contributed by atoms with Crippen molar-refractivity contribution in [1.82, 2.24) is 9.97 Å². The van der Waals surface area contributed by atoms with E-state index in [1.54, 1.807) is 12.4 Å². The molecule has 1 atom stereocenters. The monoisotopic (exact) mass is 213 g/mol. The van der Waals surface area contributed by atoms with Crippen LogP contribution < -0.4 is 5.73 Å². The van der Waals surface area contributed by atoms with E-state index < -0.39 is 5.60 Å². The molecule has 0 saturated heterocycles. The van der Waals surface area contributed by atoms with Crippen LogP contribution in [0.5, 0.6) is 0 Å². The summed E-state index contributed by atoms with van der Waals surface area (Å²) in [5.41, 5.74) is 4.90. The van der Waals surface area contributed by atoms with Crippen LogP contribution in [0, 0.1) is 5.92 Å². The summed E-state index contributed by atoms with van der Waals surface area (Å²) in [6.45, 7) is 0.339. The van der Waals surface area contributed by atoms with Gasteiger partial charge in [-0.15, -0.1) is 0 Å². The summed E-state index contributed by atoms with van der Waals surface area (Å²) in [6.07, 6.45) is 5.70. The second kappa shape index (κ2) is 3.92. The van der Waals surface area contributed by atoms with E-state index in [2.05, 4.69) is 9.97 Å². The second-order valence-electron chi connectivity index (χ2n) is 3.76. The van der Waals surface area contributed by atoms with Gasteiger partial charge in [0.25, 0.3) is 0 Å². The number of nitrogens with one attached hydrogen (secondary N) is 1. The molecule has 1 aliphatic carbocycles. The third-order valence-corrected chi connectivity index (χ3v) is 3.76. The topological polar surface area (TPSA) is 74.9 Å². The first-order chi connectivity index (χ1) is 6.74. The van der Waals surface area contributed by atoms with Crippen molar-refractivity contribution in [3.63, 3.8) is 0 Å². The third-order valence-electron chi connectivity index (χ3n) is 2.62. The predicted molar refractivity (Wildman–Crippen MR) is 56.0 cm³/mol. The van der Waals surface area contributed by atoms with Crippen LogP contribution >= 0.6 is 11.8 Å². The Kier molecular flexibility index (Phi) is 2.80. The van der Waals surface area contributed by atoms with Crippen molar-refractivity contribution < 1.29 is 5.11 Å². The lowest BCUT2D eigenvalue weighted by atomic mass is 10.0. The van der Waals surface area contributed by atoms with E-state index in [9.17, 15) is 5.11 Å². The Morgan fingerprint density at radius 1 is 1.71 bits per heavy atom. The highest BCUT2D eigenvalue weighted by Crippen LogP contribution is 2.41. The van der Waals surface area contributed by atoms with Crippen LogP contribution in [0.1, 0.15) is 12.8 Å². The molecule has 1 heterocycles. The summed E-state index contributed by atoms with van der Waals surface area (Å²) < 4.78 is 0. The van der Waals surface area contributed by atoms with Gasteiger partial charge in [0.05, 0.1) is 5.60 Å². The van der Waals surface area contributed by atoms with Gasteiger partial charge in [0.1, 0.15) is 0 Å². The number of nitrogens with zero attached hydrogens (tertiary/aromatic N) is 1. The molecule has 4 nitrogen and oxygen atoms in total. The van der Waals surface area contributed by atoms with E-state index in [-0.39, 0.29) is 0 Å². The molecule has 0 aromatic carbocycles. The summed E-state index contributed by atoms with van der Waals surface area (Å²) in [5, 5.41) is 11.0. The van der Waals surface area contributed by atoms with Crippen molar-refractivity contribution in [3.8, 4) is 0 Å². The first kappa shape index (κ1) is 10.0. The normalized spacial score (nSPS) is 20.7. The molecular weight excluding hydrogens is 198 g/mol. The van der Waals surface area contributed by atoms with Crippen LogP contribution in [0.4, 0.5) is 0 Å². The van der Waals surface area contributed by atoms with Crippen LogP contribution in [-0.2, 0) is 0 Å². The molecule has 1 saturated carbocycles. The summed E-state index contributed by atoms with van der Waals surface area (Å²) in [6, 6.07) is 0. The van der Waals surface area contributed by atoms with Crippen LogP contribution in [0.3, 0.4) is 0 Å². The fourth-order valence-corrected chi connectivity index (χ4v) is 2.51. The second-order valence-corrected chi connectivity index (χ2v) is 4.73. The van der Waals surface area contributed by atoms with Gasteiger partial charge in [-0.1, -0.05) is 11.8 Å². The van der Waals surface area contributed by atoms with Gasteiger partial charge >= 0.3 is 0 Å². The highest BCUT2D eigenvalue weighted by molar-refractivity contribution is 7.99. The maximum atomic E-state index is 10.2. The number of aliphatic hydroxyl groups is 1. The lowest BCUT2D eigenvalue weighted by Crippen LogP contribution is -2.42. The minimum absolute atomic E-state index is 0.339. The molecule has 14 heavy (non-hydrogen) atoms. The average Bonchev–Trinajstić information content (AvgIpc) is 2.94. The van der Waals surface area contributed by atoms with Crippen LogP contribution in [0.2, 0.25) is 0 Å². The van der Waals surface area contributed by atoms with E-state index in [4.69, 9.17) is 5.73 Å². The molecule has 0 amide bonds. The zero-order chi connectivity index (χ0) is 10.0. The molecule has 4 N–H and O–H groups in total. The van der Waals surface area contributed by atoms with Crippen molar-refractivity contribution in [1.29, 1.82) is 0 Å². The maximum Gasteiger partial charge on any atom is 0.165 e. The Balaban J connectivity index is 1.89. The number of hydrogen-bond donors (Lipinski definition) is 3. The van der Waals surface area contributed by atoms with Crippen molar-refractivity contribution in [2.24, 2.45) is 11.7 Å². The van der Waals surface area contributed by atoms with Crippen LogP contribution in [0.25, 0.3) is 0 Å². The molecular formula is C9H15N3OS. The number of aromatic nitrogens is 2. The first-order valence-electron chi connectivity index (χ1n) is 4.79. The largest absolute Gasteiger partial charge is 0.387 e. The van der Waals surface area contributed by atoms with Gasteiger partial charge in [-0.05, 0) is 18.8 Å². The quantitative estimate of drug-likeness (QED) is 0.626. The van der Waals surface area contributed by atoms with E-state index in [1.807, 2.05) is 0 Å². The fourth-order valence-electron chi connectivity index (χ4n) is 1.49. The smallest absolute Gasteiger partial charge is 0.165 e. The number of nitrogens with two attached hydrogens (primary N) is 1. The first-order valence-corrected chi connectivity index (χ1v) is 5.78.